The number of hydrogen-bond acceptors (Lipinski definition) is 7. The highest BCUT2D eigenvalue weighted by molar-refractivity contribution is 5.91. The number of anilines is 1. The van der Waals surface area contributed by atoms with E-state index in [1.807, 2.05) is 24.3 Å². The van der Waals surface area contributed by atoms with E-state index in [1.54, 1.807) is 39.5 Å². The summed E-state index contributed by atoms with van der Waals surface area (Å²) >= 11 is 0. The summed E-state index contributed by atoms with van der Waals surface area (Å²) in [6.07, 6.45) is 0.528. The van der Waals surface area contributed by atoms with Gasteiger partial charge in [0.1, 0.15) is 17.2 Å². The summed E-state index contributed by atoms with van der Waals surface area (Å²) in [6, 6.07) is 12.5. The second-order valence-corrected chi connectivity index (χ2v) is 5.89. The van der Waals surface area contributed by atoms with Crippen molar-refractivity contribution in [3.05, 3.63) is 48.4 Å². The average Bonchev–Trinajstić information content (AvgIpc) is 3.21. The van der Waals surface area contributed by atoms with E-state index >= 15 is 0 Å². The Morgan fingerprint density at radius 3 is 2.21 bits per heavy atom. The van der Waals surface area contributed by atoms with Crippen LogP contribution in [0.5, 0.6) is 17.2 Å². The molecule has 0 saturated heterocycles. The van der Waals surface area contributed by atoms with E-state index < -0.39 is 0 Å². The Morgan fingerprint density at radius 1 is 0.964 bits per heavy atom. The predicted octanol–water partition coefficient (Wildman–Crippen LogP) is 3.33. The Kier molecular flexibility index (Phi) is 6.11. The standard InChI is InChI=1S/C20H21N3O5/c1-25-15-6-4-13(5-7-15)20-22-19(28-23-20)9-8-18(24)21-14-10-16(26-2)12-17(11-14)27-3/h4-7,10-12H,8-9H2,1-3H3,(H,21,24). The van der Waals surface area contributed by atoms with Gasteiger partial charge in [0.25, 0.3) is 0 Å². The summed E-state index contributed by atoms with van der Waals surface area (Å²) in [6.45, 7) is 0. The maximum Gasteiger partial charge on any atom is 0.227 e. The number of aryl methyl sites for hydroxylation is 1. The molecule has 8 heteroatoms. The van der Waals surface area contributed by atoms with Crippen molar-refractivity contribution in [1.82, 2.24) is 10.1 Å². The maximum atomic E-state index is 12.2. The number of amides is 1. The van der Waals surface area contributed by atoms with Gasteiger partial charge in [-0.25, -0.2) is 0 Å². The Labute approximate surface area is 162 Å². The molecule has 2 aromatic carbocycles. The molecule has 0 unspecified atom stereocenters. The molecule has 1 N–H and O–H groups in total. The lowest BCUT2D eigenvalue weighted by atomic mass is 10.2. The van der Waals surface area contributed by atoms with Gasteiger partial charge in [-0.1, -0.05) is 5.16 Å². The van der Waals surface area contributed by atoms with Gasteiger partial charge < -0.3 is 24.1 Å². The number of benzene rings is 2. The summed E-state index contributed by atoms with van der Waals surface area (Å²) in [7, 11) is 4.71. The van der Waals surface area contributed by atoms with Crippen LogP contribution in [-0.2, 0) is 11.2 Å². The minimum absolute atomic E-state index is 0.181. The lowest BCUT2D eigenvalue weighted by Gasteiger charge is -2.09. The lowest BCUT2D eigenvalue weighted by Crippen LogP contribution is -2.12. The molecule has 28 heavy (non-hydrogen) atoms. The number of rotatable bonds is 8. The number of methoxy groups -OCH3 is 3. The summed E-state index contributed by atoms with van der Waals surface area (Å²) < 4.78 is 20.8. The first-order valence-electron chi connectivity index (χ1n) is 8.61. The molecule has 0 aliphatic carbocycles. The second kappa shape index (κ2) is 8.90. The number of nitrogens with zero attached hydrogens (tertiary/aromatic N) is 2. The van der Waals surface area contributed by atoms with Gasteiger partial charge in [0.2, 0.25) is 17.6 Å². The number of carbonyl (C=O) groups is 1. The average molecular weight is 383 g/mol. The number of hydrogen-bond donors (Lipinski definition) is 1. The number of aromatic nitrogens is 2. The Bertz CT molecular complexity index is 915. The topological polar surface area (TPSA) is 95.7 Å². The Balaban J connectivity index is 1.58. The van der Waals surface area contributed by atoms with Crippen LogP contribution in [0.25, 0.3) is 11.4 Å². The molecule has 0 radical (unpaired) electrons. The van der Waals surface area contributed by atoms with E-state index in [1.165, 1.54) is 0 Å². The number of ether oxygens (including phenoxy) is 3. The van der Waals surface area contributed by atoms with Crippen molar-refractivity contribution in [2.45, 2.75) is 12.8 Å². The quantitative estimate of drug-likeness (QED) is 0.637. The van der Waals surface area contributed by atoms with Gasteiger partial charge in [0, 0.05) is 42.3 Å². The molecule has 0 atom stereocenters. The molecule has 0 fully saturated rings. The van der Waals surface area contributed by atoms with Crippen LogP contribution in [0.4, 0.5) is 5.69 Å². The minimum atomic E-state index is -0.181. The second-order valence-electron chi connectivity index (χ2n) is 5.89. The largest absolute Gasteiger partial charge is 0.497 e. The highest BCUT2D eigenvalue weighted by Crippen LogP contribution is 2.26. The SMILES string of the molecule is COc1ccc(-c2noc(CCC(=O)Nc3cc(OC)cc(OC)c3)n2)cc1. The Morgan fingerprint density at radius 2 is 1.61 bits per heavy atom. The first kappa shape index (κ1) is 19.2. The molecule has 0 aliphatic rings. The smallest absolute Gasteiger partial charge is 0.227 e. The fourth-order valence-corrected chi connectivity index (χ4v) is 2.54. The van der Waals surface area contributed by atoms with Crippen LogP contribution in [0.1, 0.15) is 12.3 Å². The highest BCUT2D eigenvalue weighted by atomic mass is 16.5. The van der Waals surface area contributed by atoms with E-state index in [0.29, 0.717) is 35.3 Å². The molecule has 3 aromatic rings. The van der Waals surface area contributed by atoms with Crippen molar-refractivity contribution in [1.29, 1.82) is 0 Å². The Hall–Kier alpha value is -3.55. The van der Waals surface area contributed by atoms with Crippen molar-refractivity contribution in [2.24, 2.45) is 0 Å². The zero-order valence-electron chi connectivity index (χ0n) is 15.9. The van der Waals surface area contributed by atoms with Crippen LogP contribution in [0.2, 0.25) is 0 Å². The van der Waals surface area contributed by atoms with Crippen LogP contribution < -0.4 is 19.5 Å². The summed E-state index contributed by atoms with van der Waals surface area (Å²) in [4.78, 5) is 16.6. The molecule has 0 bridgehead atoms. The van der Waals surface area contributed by atoms with Crippen molar-refractivity contribution in [3.8, 4) is 28.6 Å². The molecule has 8 nitrogen and oxygen atoms in total. The zero-order valence-corrected chi connectivity index (χ0v) is 15.9. The highest BCUT2D eigenvalue weighted by Gasteiger charge is 2.12. The molecule has 1 aromatic heterocycles. The van der Waals surface area contributed by atoms with Crippen molar-refractivity contribution < 1.29 is 23.5 Å². The van der Waals surface area contributed by atoms with Gasteiger partial charge in [-0.05, 0) is 24.3 Å². The van der Waals surface area contributed by atoms with E-state index in [-0.39, 0.29) is 12.3 Å². The van der Waals surface area contributed by atoms with E-state index in [4.69, 9.17) is 18.7 Å². The monoisotopic (exact) mass is 383 g/mol. The molecule has 3 rings (SSSR count). The van der Waals surface area contributed by atoms with E-state index in [9.17, 15) is 4.79 Å². The number of carbonyl (C=O) groups excluding carboxylic acids is 1. The maximum absolute atomic E-state index is 12.2. The van der Waals surface area contributed by atoms with E-state index in [2.05, 4.69) is 15.5 Å². The third-order valence-corrected chi connectivity index (χ3v) is 4.02. The molecule has 0 saturated carbocycles. The van der Waals surface area contributed by atoms with Gasteiger partial charge in [-0.15, -0.1) is 0 Å². The normalized spacial score (nSPS) is 10.4. The predicted molar refractivity (Wildman–Crippen MR) is 103 cm³/mol. The molecule has 0 aliphatic heterocycles. The third kappa shape index (κ3) is 4.79. The van der Waals surface area contributed by atoms with Gasteiger partial charge in [0.15, 0.2) is 0 Å². The summed E-state index contributed by atoms with van der Waals surface area (Å²) in [5.41, 5.74) is 1.40. The fourth-order valence-electron chi connectivity index (χ4n) is 2.54. The molecule has 146 valence electrons. The van der Waals surface area contributed by atoms with Gasteiger partial charge >= 0.3 is 0 Å². The van der Waals surface area contributed by atoms with E-state index in [0.717, 1.165) is 11.3 Å². The molecular weight excluding hydrogens is 362 g/mol. The van der Waals surface area contributed by atoms with Gasteiger partial charge in [-0.3, -0.25) is 4.79 Å². The summed E-state index contributed by atoms with van der Waals surface area (Å²) in [5.74, 6) is 2.61. The summed E-state index contributed by atoms with van der Waals surface area (Å²) in [5, 5.41) is 6.77. The first-order valence-corrected chi connectivity index (χ1v) is 8.61. The van der Waals surface area contributed by atoms with Gasteiger partial charge in [-0.2, -0.15) is 4.98 Å². The molecule has 1 heterocycles. The minimum Gasteiger partial charge on any atom is -0.497 e. The number of nitrogens with one attached hydrogen (secondary N) is 1. The first-order chi connectivity index (χ1) is 13.6. The molecule has 0 spiro atoms. The van der Waals surface area contributed by atoms with Crippen LogP contribution in [-0.4, -0.2) is 37.4 Å². The van der Waals surface area contributed by atoms with Gasteiger partial charge in [0.05, 0.1) is 21.3 Å². The zero-order chi connectivity index (χ0) is 19.9. The van der Waals surface area contributed by atoms with Crippen LogP contribution in [0, 0.1) is 0 Å². The van der Waals surface area contributed by atoms with Crippen LogP contribution in [0.3, 0.4) is 0 Å². The molecule has 1 amide bonds. The molecular formula is C20H21N3O5. The van der Waals surface area contributed by atoms with Crippen LogP contribution in [0.15, 0.2) is 47.0 Å². The lowest BCUT2D eigenvalue weighted by molar-refractivity contribution is -0.116. The third-order valence-electron chi connectivity index (χ3n) is 4.02. The van der Waals surface area contributed by atoms with Crippen molar-refractivity contribution in [2.75, 3.05) is 26.6 Å². The fraction of sp³-hybridized carbons (Fsp3) is 0.250. The van der Waals surface area contributed by atoms with Crippen molar-refractivity contribution >= 4 is 11.6 Å². The van der Waals surface area contributed by atoms with Crippen LogP contribution >= 0.6 is 0 Å². The van der Waals surface area contributed by atoms with Crippen molar-refractivity contribution in [3.63, 3.8) is 0 Å².